The fourth-order valence-corrected chi connectivity index (χ4v) is 2.82. The van der Waals surface area contributed by atoms with Crippen molar-refractivity contribution in [3.8, 4) is 0 Å². The van der Waals surface area contributed by atoms with Crippen LogP contribution in [-0.2, 0) is 4.74 Å². The summed E-state index contributed by atoms with van der Waals surface area (Å²) in [6.07, 6.45) is -1.58. The normalized spacial score (nSPS) is 13.4. The molecule has 0 aliphatic carbocycles. The molecule has 0 spiro atoms. The average molecular weight is 329 g/mol. The second-order valence-corrected chi connectivity index (χ2v) is 6.12. The van der Waals surface area contributed by atoms with E-state index in [1.807, 2.05) is 19.1 Å². The van der Waals surface area contributed by atoms with E-state index >= 15 is 0 Å². The highest BCUT2D eigenvalue weighted by Crippen LogP contribution is 2.25. The Labute approximate surface area is 141 Å². The molecule has 128 valence electrons. The van der Waals surface area contributed by atoms with E-state index in [9.17, 15) is 14.7 Å². The van der Waals surface area contributed by atoms with Gasteiger partial charge in [-0.15, -0.1) is 0 Å². The number of nitrogens with one attached hydrogen (secondary N) is 1. The molecule has 0 saturated carbocycles. The molecule has 1 aromatic carbocycles. The quantitative estimate of drug-likeness (QED) is 0.651. The Morgan fingerprint density at radius 1 is 1.08 bits per heavy atom. The van der Waals surface area contributed by atoms with Crippen LogP contribution in [0.5, 0.6) is 0 Å². The molecule has 0 aliphatic heterocycles. The van der Waals surface area contributed by atoms with Crippen LogP contribution >= 0.6 is 0 Å². The fourth-order valence-electron chi connectivity index (χ4n) is 2.82. The fraction of sp³-hybridized carbons (Fsp3) is 0.368. The second kappa shape index (κ2) is 7.01. The maximum atomic E-state index is 12.4. The molecule has 0 aliphatic rings. The molecule has 0 amide bonds. The summed E-state index contributed by atoms with van der Waals surface area (Å²) in [4.78, 5) is 27.7. The molecule has 0 fully saturated rings. The number of aliphatic hydroxyl groups is 1. The van der Waals surface area contributed by atoms with Crippen molar-refractivity contribution >= 4 is 11.8 Å². The Morgan fingerprint density at radius 3 is 2.17 bits per heavy atom. The van der Waals surface area contributed by atoms with Gasteiger partial charge in [0.15, 0.2) is 6.10 Å². The van der Waals surface area contributed by atoms with Gasteiger partial charge in [0.1, 0.15) is 5.69 Å². The third-order valence-corrected chi connectivity index (χ3v) is 4.11. The monoisotopic (exact) mass is 329 g/mol. The van der Waals surface area contributed by atoms with E-state index in [2.05, 4.69) is 4.98 Å². The molecular formula is C19H23NO4. The predicted molar refractivity (Wildman–Crippen MR) is 91.3 cm³/mol. The number of esters is 1. The average Bonchev–Trinajstić information content (AvgIpc) is 2.82. The summed E-state index contributed by atoms with van der Waals surface area (Å²) in [6, 6.07) is 7.12. The summed E-state index contributed by atoms with van der Waals surface area (Å²) in [5.41, 5.74) is 3.87. The van der Waals surface area contributed by atoms with E-state index in [1.165, 1.54) is 0 Å². The molecule has 2 rings (SSSR count). The first-order chi connectivity index (χ1) is 11.2. The molecule has 24 heavy (non-hydrogen) atoms. The van der Waals surface area contributed by atoms with Crippen LogP contribution in [0.25, 0.3) is 0 Å². The Kier molecular flexibility index (Phi) is 5.24. The van der Waals surface area contributed by atoms with Gasteiger partial charge in [0.2, 0.25) is 5.78 Å². The molecule has 1 aromatic heterocycles. The summed E-state index contributed by atoms with van der Waals surface area (Å²) < 4.78 is 5.31. The molecule has 5 nitrogen and oxygen atoms in total. The molecular weight excluding hydrogens is 306 g/mol. The van der Waals surface area contributed by atoms with Crippen LogP contribution in [0.15, 0.2) is 24.3 Å². The van der Waals surface area contributed by atoms with Crippen molar-refractivity contribution in [2.24, 2.45) is 0 Å². The van der Waals surface area contributed by atoms with Gasteiger partial charge in [-0.25, -0.2) is 4.79 Å². The number of hydrogen-bond acceptors (Lipinski definition) is 4. The number of ether oxygens (including phenoxy) is 1. The number of carbonyl (C=O) groups excluding carboxylic acids is 2. The molecule has 1 heterocycles. The lowest BCUT2D eigenvalue weighted by atomic mass is 10.0. The Balaban J connectivity index is 2.16. The van der Waals surface area contributed by atoms with E-state index in [-0.39, 0.29) is 11.5 Å². The maximum absolute atomic E-state index is 12.4. The van der Waals surface area contributed by atoms with Crippen molar-refractivity contribution in [1.82, 2.24) is 4.98 Å². The van der Waals surface area contributed by atoms with Gasteiger partial charge >= 0.3 is 5.97 Å². The molecule has 0 radical (unpaired) electrons. The Hall–Kier alpha value is -2.40. The summed E-state index contributed by atoms with van der Waals surface area (Å²) in [5, 5.41) is 9.80. The lowest BCUT2D eigenvalue weighted by molar-refractivity contribution is 0.0313. The van der Waals surface area contributed by atoms with Gasteiger partial charge in [-0.1, -0.05) is 29.8 Å². The molecule has 0 saturated heterocycles. The van der Waals surface area contributed by atoms with Gasteiger partial charge in [0, 0.05) is 16.8 Å². The number of H-pyrrole nitrogens is 1. The first-order valence-corrected chi connectivity index (χ1v) is 7.91. The molecule has 2 atom stereocenters. The van der Waals surface area contributed by atoms with Gasteiger partial charge in [-0.2, -0.15) is 0 Å². The predicted octanol–water partition coefficient (Wildman–Crippen LogP) is 3.42. The lowest BCUT2D eigenvalue weighted by Crippen LogP contribution is -2.25. The van der Waals surface area contributed by atoms with Crippen LogP contribution in [0.1, 0.15) is 63.2 Å². The minimum atomic E-state index is -0.891. The molecule has 2 aromatic rings. The number of aromatic amines is 1. The van der Waals surface area contributed by atoms with Gasteiger partial charge in [0.05, 0.1) is 6.10 Å². The van der Waals surface area contributed by atoms with Gasteiger partial charge in [-0.3, -0.25) is 4.79 Å². The van der Waals surface area contributed by atoms with Crippen molar-refractivity contribution in [2.75, 3.05) is 0 Å². The molecule has 2 N–H and O–H groups in total. The van der Waals surface area contributed by atoms with Crippen molar-refractivity contribution in [3.05, 3.63) is 57.9 Å². The minimum absolute atomic E-state index is 0.250. The zero-order valence-corrected chi connectivity index (χ0v) is 14.6. The zero-order valence-electron chi connectivity index (χ0n) is 14.6. The largest absolute Gasteiger partial charge is 0.450 e. The highest BCUT2D eigenvalue weighted by Gasteiger charge is 2.25. The van der Waals surface area contributed by atoms with Crippen LogP contribution in [0.2, 0.25) is 0 Å². The van der Waals surface area contributed by atoms with E-state index in [1.54, 1.807) is 39.8 Å². The number of aryl methyl sites for hydroxylation is 2. The third-order valence-electron chi connectivity index (χ3n) is 4.11. The number of hydrogen-bond donors (Lipinski definition) is 2. The molecule has 5 heteroatoms. The molecule has 0 unspecified atom stereocenters. The van der Waals surface area contributed by atoms with E-state index in [4.69, 9.17) is 4.74 Å². The van der Waals surface area contributed by atoms with Crippen molar-refractivity contribution in [2.45, 2.75) is 46.8 Å². The van der Waals surface area contributed by atoms with E-state index in [0.717, 1.165) is 5.56 Å². The van der Waals surface area contributed by atoms with E-state index < -0.39 is 18.2 Å². The topological polar surface area (TPSA) is 79.4 Å². The number of benzene rings is 1. The Morgan fingerprint density at radius 2 is 1.67 bits per heavy atom. The number of ketones is 1. The maximum Gasteiger partial charge on any atom is 0.355 e. The van der Waals surface area contributed by atoms with Crippen LogP contribution in [0.4, 0.5) is 0 Å². The molecule has 0 bridgehead atoms. The van der Waals surface area contributed by atoms with Gasteiger partial charge in [0.25, 0.3) is 0 Å². The number of rotatable bonds is 5. The standard InChI is InChI=1S/C19H23NO4/c1-10-6-8-15(9-7-10)18(22)14(5)24-19(23)17-11(2)16(13(4)21)12(3)20-17/h6-9,13-14,20-21H,1-5H3/t13-,14+/m1/s1. The first kappa shape index (κ1) is 17.9. The lowest BCUT2D eigenvalue weighted by Gasteiger charge is -2.12. The first-order valence-electron chi connectivity index (χ1n) is 7.91. The van der Waals surface area contributed by atoms with Crippen LogP contribution in [0, 0.1) is 20.8 Å². The number of carbonyl (C=O) groups is 2. The summed E-state index contributed by atoms with van der Waals surface area (Å²) in [7, 11) is 0. The van der Waals surface area contributed by atoms with E-state index in [0.29, 0.717) is 22.4 Å². The highest BCUT2D eigenvalue weighted by molar-refractivity contribution is 6.01. The van der Waals surface area contributed by atoms with Gasteiger partial charge in [-0.05, 0) is 40.2 Å². The van der Waals surface area contributed by atoms with Crippen molar-refractivity contribution in [3.63, 3.8) is 0 Å². The zero-order chi connectivity index (χ0) is 18.0. The van der Waals surface area contributed by atoms with Crippen molar-refractivity contribution in [1.29, 1.82) is 0 Å². The van der Waals surface area contributed by atoms with Crippen LogP contribution in [-0.4, -0.2) is 27.9 Å². The Bertz CT molecular complexity index is 756. The van der Waals surface area contributed by atoms with Gasteiger partial charge < -0.3 is 14.8 Å². The third kappa shape index (κ3) is 3.57. The summed E-state index contributed by atoms with van der Waals surface area (Å²) in [5.74, 6) is -0.851. The van der Waals surface area contributed by atoms with Crippen LogP contribution in [0.3, 0.4) is 0 Å². The summed E-state index contributed by atoms with van der Waals surface area (Å²) in [6.45, 7) is 8.66. The van der Waals surface area contributed by atoms with Crippen LogP contribution < -0.4 is 0 Å². The van der Waals surface area contributed by atoms with Crippen molar-refractivity contribution < 1.29 is 19.4 Å². The SMILES string of the molecule is Cc1ccc(C(=O)[C@H](C)OC(=O)c2[nH]c(C)c([C@@H](C)O)c2C)cc1. The number of Topliss-reactive ketones (excluding diaryl/α,β-unsaturated/α-hetero) is 1. The smallest absolute Gasteiger partial charge is 0.355 e. The number of aliphatic hydroxyl groups excluding tert-OH is 1. The highest BCUT2D eigenvalue weighted by atomic mass is 16.5. The second-order valence-electron chi connectivity index (χ2n) is 6.12. The summed E-state index contributed by atoms with van der Waals surface area (Å²) >= 11 is 0. The number of aromatic nitrogens is 1. The minimum Gasteiger partial charge on any atom is -0.450 e.